The Kier molecular flexibility index (Phi) is 9.38. The summed E-state index contributed by atoms with van der Waals surface area (Å²) < 4.78 is 39.5. The number of carbonyl (C=O) groups excluding carboxylic acids is 3. The number of amides is 3. The molecule has 2 rings (SSSR count). The lowest BCUT2D eigenvalue weighted by Crippen LogP contribution is -2.41. The van der Waals surface area contributed by atoms with Gasteiger partial charge in [-0.25, -0.2) is 4.98 Å². The number of rotatable bonds is 10. The second-order valence-electron chi connectivity index (χ2n) is 7.82. The zero-order chi connectivity index (χ0) is 24.4. The summed E-state index contributed by atoms with van der Waals surface area (Å²) >= 11 is 0. The van der Waals surface area contributed by atoms with Gasteiger partial charge in [-0.15, -0.1) is 0 Å². The van der Waals surface area contributed by atoms with Gasteiger partial charge in [0.2, 0.25) is 17.7 Å². The Hall–Kier alpha value is -3.43. The van der Waals surface area contributed by atoms with Crippen LogP contribution >= 0.6 is 0 Å². The summed E-state index contributed by atoms with van der Waals surface area (Å²) in [5, 5.41) is 5.20. The van der Waals surface area contributed by atoms with Gasteiger partial charge < -0.3 is 15.5 Å². The third-order valence-corrected chi connectivity index (χ3v) is 4.63. The van der Waals surface area contributed by atoms with E-state index in [1.54, 1.807) is 18.2 Å². The molecule has 0 saturated heterocycles. The van der Waals surface area contributed by atoms with Gasteiger partial charge in [-0.3, -0.25) is 14.4 Å². The first-order chi connectivity index (χ1) is 15.6. The van der Waals surface area contributed by atoms with Crippen molar-refractivity contribution in [3.8, 4) is 0 Å². The van der Waals surface area contributed by atoms with Gasteiger partial charge in [-0.1, -0.05) is 26.0 Å². The second kappa shape index (κ2) is 12.0. The summed E-state index contributed by atoms with van der Waals surface area (Å²) in [4.78, 5) is 42.3. The molecule has 0 aliphatic rings. The molecule has 10 heteroatoms. The number of alkyl halides is 3. The number of nitrogens with one attached hydrogen (secondary N) is 2. The Labute approximate surface area is 190 Å². The van der Waals surface area contributed by atoms with Gasteiger partial charge in [0.1, 0.15) is 12.4 Å². The number of hydrogen-bond acceptors (Lipinski definition) is 4. The topological polar surface area (TPSA) is 91.4 Å². The first kappa shape index (κ1) is 25.8. The van der Waals surface area contributed by atoms with Crippen molar-refractivity contribution < 1.29 is 27.6 Å². The number of aromatic nitrogens is 1. The average molecular weight is 464 g/mol. The minimum atomic E-state index is -4.60. The molecule has 178 valence electrons. The van der Waals surface area contributed by atoms with Crippen LogP contribution in [0.2, 0.25) is 0 Å². The number of nitrogens with zero attached hydrogens (tertiary/aromatic N) is 2. The molecular formula is C23H27F3N4O3. The molecule has 0 radical (unpaired) electrons. The second-order valence-corrected chi connectivity index (χ2v) is 7.82. The van der Waals surface area contributed by atoms with Gasteiger partial charge in [-0.05, 0) is 42.7 Å². The standard InChI is InChI=1S/C23H27F3N4O3/c1-16(2)11-13-28-21(32)15-30(18-7-5-6-17(14-18)23(24,25)26)22(33)10-9-20(31)29-19-8-3-4-12-27-19/h3-8,12,14,16H,9-11,13,15H2,1-2H3,(H,28,32)(H,27,29,31). The van der Waals surface area contributed by atoms with E-state index in [0.717, 1.165) is 23.5 Å². The molecule has 3 amide bonds. The summed E-state index contributed by atoms with van der Waals surface area (Å²) in [7, 11) is 0. The summed E-state index contributed by atoms with van der Waals surface area (Å²) in [6, 6.07) is 9.13. The first-order valence-electron chi connectivity index (χ1n) is 10.5. The molecule has 0 spiro atoms. The summed E-state index contributed by atoms with van der Waals surface area (Å²) in [6.07, 6.45) is -2.91. The molecule has 0 atom stereocenters. The van der Waals surface area contributed by atoms with Crippen LogP contribution in [0.25, 0.3) is 0 Å². The molecule has 1 aromatic heterocycles. The van der Waals surface area contributed by atoms with E-state index in [1.165, 1.54) is 18.3 Å². The molecule has 0 aliphatic heterocycles. The number of hydrogen-bond donors (Lipinski definition) is 2. The summed E-state index contributed by atoms with van der Waals surface area (Å²) in [5.74, 6) is -0.963. The van der Waals surface area contributed by atoms with Gasteiger partial charge >= 0.3 is 6.18 Å². The molecule has 7 nitrogen and oxygen atoms in total. The monoisotopic (exact) mass is 464 g/mol. The largest absolute Gasteiger partial charge is 0.416 e. The Morgan fingerprint density at radius 1 is 1.03 bits per heavy atom. The molecule has 0 aliphatic carbocycles. The Bertz CT molecular complexity index is 949. The predicted octanol–water partition coefficient (Wildman–Crippen LogP) is 4.01. The fraction of sp³-hybridized carbons (Fsp3) is 0.391. The zero-order valence-corrected chi connectivity index (χ0v) is 18.5. The Morgan fingerprint density at radius 3 is 2.42 bits per heavy atom. The normalized spacial score (nSPS) is 11.2. The Balaban J connectivity index is 2.11. The van der Waals surface area contributed by atoms with Crippen LogP contribution in [0, 0.1) is 5.92 Å². The SMILES string of the molecule is CC(C)CCNC(=O)CN(C(=O)CCC(=O)Nc1ccccn1)c1cccc(C(F)(F)F)c1. The van der Waals surface area contributed by atoms with Crippen LogP contribution in [0.5, 0.6) is 0 Å². The minimum Gasteiger partial charge on any atom is -0.355 e. The lowest BCUT2D eigenvalue weighted by Gasteiger charge is -2.23. The molecule has 2 aromatic rings. The molecule has 0 fully saturated rings. The molecule has 0 saturated carbocycles. The van der Waals surface area contributed by atoms with Crippen LogP contribution in [-0.2, 0) is 20.6 Å². The third-order valence-electron chi connectivity index (χ3n) is 4.63. The zero-order valence-electron chi connectivity index (χ0n) is 18.5. The molecule has 1 heterocycles. The minimum absolute atomic E-state index is 0.0704. The van der Waals surface area contributed by atoms with Crippen LogP contribution in [-0.4, -0.2) is 35.8 Å². The van der Waals surface area contributed by atoms with Gasteiger partial charge in [0.25, 0.3) is 0 Å². The fourth-order valence-corrected chi connectivity index (χ4v) is 2.87. The molecular weight excluding hydrogens is 437 g/mol. The van der Waals surface area contributed by atoms with Gasteiger partial charge in [0.15, 0.2) is 0 Å². The third kappa shape index (κ3) is 8.91. The maximum absolute atomic E-state index is 13.2. The number of carbonyl (C=O) groups is 3. The first-order valence-corrected chi connectivity index (χ1v) is 10.5. The van der Waals surface area contributed by atoms with E-state index in [1.807, 2.05) is 13.8 Å². The van der Waals surface area contributed by atoms with Crippen LogP contribution in [0.15, 0.2) is 48.7 Å². The van der Waals surface area contributed by atoms with Crippen molar-refractivity contribution in [2.45, 2.75) is 39.3 Å². The molecule has 33 heavy (non-hydrogen) atoms. The number of halogens is 3. The highest BCUT2D eigenvalue weighted by molar-refractivity contribution is 6.01. The van der Waals surface area contributed by atoms with E-state index in [2.05, 4.69) is 15.6 Å². The van der Waals surface area contributed by atoms with E-state index in [0.29, 0.717) is 18.3 Å². The maximum atomic E-state index is 13.2. The highest BCUT2D eigenvalue weighted by atomic mass is 19.4. The molecule has 0 unspecified atom stereocenters. The van der Waals surface area contributed by atoms with Crippen LogP contribution in [0.3, 0.4) is 0 Å². The highest BCUT2D eigenvalue weighted by Gasteiger charge is 2.31. The number of benzene rings is 1. The van der Waals surface area contributed by atoms with Crippen molar-refractivity contribution in [2.75, 3.05) is 23.3 Å². The molecule has 1 aromatic carbocycles. The van der Waals surface area contributed by atoms with Crippen molar-refractivity contribution in [1.82, 2.24) is 10.3 Å². The predicted molar refractivity (Wildman–Crippen MR) is 118 cm³/mol. The van der Waals surface area contributed by atoms with E-state index in [9.17, 15) is 27.6 Å². The van der Waals surface area contributed by atoms with Crippen molar-refractivity contribution in [3.05, 3.63) is 54.2 Å². The van der Waals surface area contributed by atoms with Crippen LogP contribution < -0.4 is 15.5 Å². The lowest BCUT2D eigenvalue weighted by molar-refractivity contribution is -0.137. The smallest absolute Gasteiger partial charge is 0.355 e. The van der Waals surface area contributed by atoms with Gasteiger partial charge in [-0.2, -0.15) is 13.2 Å². The van der Waals surface area contributed by atoms with Crippen LogP contribution in [0.1, 0.15) is 38.7 Å². The summed E-state index contributed by atoms with van der Waals surface area (Å²) in [5.41, 5.74) is -1.01. The van der Waals surface area contributed by atoms with E-state index in [-0.39, 0.29) is 18.5 Å². The lowest BCUT2D eigenvalue weighted by atomic mass is 10.1. The van der Waals surface area contributed by atoms with E-state index in [4.69, 9.17) is 0 Å². The van der Waals surface area contributed by atoms with E-state index >= 15 is 0 Å². The number of anilines is 2. The van der Waals surface area contributed by atoms with E-state index < -0.39 is 36.0 Å². The number of pyridine rings is 1. The van der Waals surface area contributed by atoms with Crippen LogP contribution in [0.4, 0.5) is 24.7 Å². The average Bonchev–Trinajstić information content (AvgIpc) is 2.76. The maximum Gasteiger partial charge on any atom is 0.416 e. The van der Waals surface area contributed by atoms with Crippen molar-refractivity contribution in [3.63, 3.8) is 0 Å². The van der Waals surface area contributed by atoms with Gasteiger partial charge in [0, 0.05) is 31.3 Å². The van der Waals surface area contributed by atoms with Crippen molar-refractivity contribution in [2.24, 2.45) is 5.92 Å². The van der Waals surface area contributed by atoms with Gasteiger partial charge in [0.05, 0.1) is 5.56 Å². The summed E-state index contributed by atoms with van der Waals surface area (Å²) in [6.45, 7) is 3.90. The highest BCUT2D eigenvalue weighted by Crippen LogP contribution is 2.31. The molecule has 2 N–H and O–H groups in total. The quantitative estimate of drug-likeness (QED) is 0.556. The van der Waals surface area contributed by atoms with Crippen molar-refractivity contribution >= 4 is 29.2 Å². The fourth-order valence-electron chi connectivity index (χ4n) is 2.87. The van der Waals surface area contributed by atoms with Crippen molar-refractivity contribution in [1.29, 1.82) is 0 Å². The Morgan fingerprint density at radius 2 is 1.79 bits per heavy atom. The molecule has 0 bridgehead atoms.